The molecule has 9 N–H and O–H groups in total. The number of benzene rings is 1. The van der Waals surface area contributed by atoms with Crippen molar-refractivity contribution in [2.24, 2.45) is 17.4 Å². The van der Waals surface area contributed by atoms with Gasteiger partial charge in [0, 0.05) is 6.42 Å². The monoisotopic (exact) mass is 507 g/mol. The molecule has 1 aromatic carbocycles. The number of nitrogens with two attached hydrogens (primary N) is 2. The Morgan fingerprint density at radius 1 is 0.806 bits per heavy atom. The van der Waals surface area contributed by atoms with Gasteiger partial charge in [0.15, 0.2) is 0 Å². The molecule has 0 bridgehead atoms. The standard InChI is InChI=1S/C23H33N5O8/c1-12(2)8-17(23(35)36)28-22(34)16(11-18(25)29)27-21(33)15(9-13-6-4-3-5-7-13)26-20(32)14(24)10-19(30)31/h3-7,12,14-17H,8-11,24H2,1-2H3,(H2,25,29)(H,26,32)(H,27,33)(H,28,34)(H,30,31)(H,35,36). The molecule has 0 aromatic heterocycles. The maximum absolute atomic E-state index is 13.1. The Hall–Kier alpha value is -4.00. The van der Waals surface area contributed by atoms with Gasteiger partial charge >= 0.3 is 11.9 Å². The van der Waals surface area contributed by atoms with E-state index in [2.05, 4.69) is 16.0 Å². The largest absolute Gasteiger partial charge is 0.481 e. The number of hydrogen-bond donors (Lipinski definition) is 7. The Bertz CT molecular complexity index is 953. The van der Waals surface area contributed by atoms with Crippen molar-refractivity contribution in [3.63, 3.8) is 0 Å². The summed E-state index contributed by atoms with van der Waals surface area (Å²) in [5.74, 6) is -6.34. The van der Waals surface area contributed by atoms with E-state index in [9.17, 15) is 33.9 Å². The molecule has 0 fully saturated rings. The van der Waals surface area contributed by atoms with Crippen LogP contribution >= 0.6 is 0 Å². The van der Waals surface area contributed by atoms with E-state index in [1.54, 1.807) is 44.2 Å². The molecule has 0 aliphatic heterocycles. The minimum atomic E-state index is -1.52. The molecule has 1 rings (SSSR count). The number of amides is 4. The number of carbonyl (C=O) groups is 6. The van der Waals surface area contributed by atoms with Crippen LogP contribution in [0.2, 0.25) is 0 Å². The second-order valence-corrected chi connectivity index (χ2v) is 8.72. The minimum absolute atomic E-state index is 0.0474. The van der Waals surface area contributed by atoms with E-state index in [4.69, 9.17) is 16.6 Å². The van der Waals surface area contributed by atoms with Gasteiger partial charge in [0.05, 0.1) is 18.9 Å². The summed E-state index contributed by atoms with van der Waals surface area (Å²) < 4.78 is 0. The third-order valence-electron chi connectivity index (χ3n) is 5.01. The fourth-order valence-electron chi connectivity index (χ4n) is 3.27. The maximum atomic E-state index is 13.1. The lowest BCUT2D eigenvalue weighted by Crippen LogP contribution is -2.58. The van der Waals surface area contributed by atoms with Crippen LogP contribution in [0.25, 0.3) is 0 Å². The molecular formula is C23H33N5O8. The molecule has 0 radical (unpaired) electrons. The number of hydrogen-bond acceptors (Lipinski definition) is 7. The number of carbonyl (C=O) groups excluding carboxylic acids is 4. The molecular weight excluding hydrogens is 474 g/mol. The van der Waals surface area contributed by atoms with Crippen LogP contribution in [0.3, 0.4) is 0 Å². The predicted octanol–water partition coefficient (Wildman–Crippen LogP) is -1.51. The highest BCUT2D eigenvalue weighted by Gasteiger charge is 2.31. The Kier molecular flexibility index (Phi) is 12.0. The van der Waals surface area contributed by atoms with E-state index >= 15 is 0 Å². The summed E-state index contributed by atoms with van der Waals surface area (Å²) in [5, 5.41) is 25.3. The van der Waals surface area contributed by atoms with Crippen LogP contribution in [0.4, 0.5) is 0 Å². The third kappa shape index (κ3) is 11.0. The second-order valence-electron chi connectivity index (χ2n) is 8.72. The molecule has 1 aromatic rings. The van der Waals surface area contributed by atoms with Crippen LogP contribution in [0, 0.1) is 5.92 Å². The van der Waals surface area contributed by atoms with Gasteiger partial charge in [-0.3, -0.25) is 24.0 Å². The highest BCUT2D eigenvalue weighted by Crippen LogP contribution is 2.08. The highest BCUT2D eigenvalue weighted by atomic mass is 16.4. The molecule has 198 valence electrons. The topological polar surface area (TPSA) is 231 Å². The fourth-order valence-corrected chi connectivity index (χ4v) is 3.27. The van der Waals surface area contributed by atoms with Gasteiger partial charge < -0.3 is 37.6 Å². The van der Waals surface area contributed by atoms with Gasteiger partial charge in [0.1, 0.15) is 18.1 Å². The Morgan fingerprint density at radius 2 is 1.33 bits per heavy atom. The predicted molar refractivity (Wildman–Crippen MR) is 127 cm³/mol. The van der Waals surface area contributed by atoms with Crippen molar-refractivity contribution in [1.82, 2.24) is 16.0 Å². The van der Waals surface area contributed by atoms with E-state index in [1.807, 2.05) is 0 Å². The van der Waals surface area contributed by atoms with E-state index in [-0.39, 0.29) is 18.8 Å². The van der Waals surface area contributed by atoms with Crippen LogP contribution in [-0.2, 0) is 35.2 Å². The van der Waals surface area contributed by atoms with Crippen molar-refractivity contribution >= 4 is 35.6 Å². The molecule has 0 saturated carbocycles. The van der Waals surface area contributed by atoms with Crippen LogP contribution in [0.15, 0.2) is 30.3 Å². The molecule has 4 unspecified atom stereocenters. The van der Waals surface area contributed by atoms with Crippen molar-refractivity contribution in [2.45, 2.75) is 63.7 Å². The van der Waals surface area contributed by atoms with E-state index in [1.165, 1.54) is 0 Å². The third-order valence-corrected chi connectivity index (χ3v) is 5.01. The summed E-state index contributed by atoms with van der Waals surface area (Å²) in [7, 11) is 0. The molecule has 0 aliphatic carbocycles. The Balaban J connectivity index is 3.12. The normalized spacial score (nSPS) is 14.1. The zero-order valence-corrected chi connectivity index (χ0v) is 20.1. The lowest BCUT2D eigenvalue weighted by atomic mass is 10.0. The minimum Gasteiger partial charge on any atom is -0.481 e. The molecule has 13 nitrogen and oxygen atoms in total. The second kappa shape index (κ2) is 14.4. The number of rotatable bonds is 15. The first-order chi connectivity index (χ1) is 16.8. The van der Waals surface area contributed by atoms with Gasteiger partial charge in [0.2, 0.25) is 23.6 Å². The quantitative estimate of drug-likeness (QED) is 0.146. The number of primary amides is 1. The lowest BCUT2D eigenvalue weighted by molar-refractivity contribution is -0.143. The molecule has 4 amide bonds. The SMILES string of the molecule is CC(C)CC(NC(=O)C(CC(N)=O)NC(=O)C(Cc1ccccc1)NC(=O)C(N)CC(=O)O)C(=O)O. The van der Waals surface area contributed by atoms with Gasteiger partial charge in [-0.2, -0.15) is 0 Å². The smallest absolute Gasteiger partial charge is 0.326 e. The van der Waals surface area contributed by atoms with E-state index in [0.717, 1.165) is 0 Å². The van der Waals surface area contributed by atoms with Gasteiger partial charge in [-0.1, -0.05) is 44.2 Å². The molecule has 4 atom stereocenters. The molecule has 0 aliphatic rings. The number of carboxylic acids is 2. The number of aliphatic carboxylic acids is 2. The lowest BCUT2D eigenvalue weighted by Gasteiger charge is -2.25. The van der Waals surface area contributed by atoms with Crippen molar-refractivity contribution in [3.05, 3.63) is 35.9 Å². The van der Waals surface area contributed by atoms with Crippen LogP contribution in [-0.4, -0.2) is 69.9 Å². The molecule has 0 heterocycles. The fraction of sp³-hybridized carbons (Fsp3) is 0.478. The summed E-state index contributed by atoms with van der Waals surface area (Å²) >= 11 is 0. The van der Waals surface area contributed by atoms with E-state index < -0.39 is 72.6 Å². The van der Waals surface area contributed by atoms with Crippen molar-refractivity contribution in [1.29, 1.82) is 0 Å². The zero-order chi connectivity index (χ0) is 27.4. The molecule has 0 spiro atoms. The van der Waals surface area contributed by atoms with Crippen molar-refractivity contribution in [3.8, 4) is 0 Å². The summed E-state index contributed by atoms with van der Waals surface area (Å²) in [5.41, 5.74) is 11.4. The van der Waals surface area contributed by atoms with Gasteiger partial charge in [-0.25, -0.2) is 4.79 Å². The van der Waals surface area contributed by atoms with Crippen molar-refractivity contribution in [2.75, 3.05) is 0 Å². The number of carboxylic acid groups (broad SMARTS) is 2. The summed E-state index contributed by atoms with van der Waals surface area (Å²) in [6, 6.07) is 2.98. The summed E-state index contributed by atoms with van der Waals surface area (Å²) in [6.45, 7) is 3.52. The van der Waals surface area contributed by atoms with Crippen LogP contribution < -0.4 is 27.4 Å². The first-order valence-corrected chi connectivity index (χ1v) is 11.2. The average molecular weight is 508 g/mol. The van der Waals surface area contributed by atoms with Crippen molar-refractivity contribution < 1.29 is 39.0 Å². The van der Waals surface area contributed by atoms with Crippen LogP contribution in [0.5, 0.6) is 0 Å². The average Bonchev–Trinajstić information content (AvgIpc) is 2.77. The Morgan fingerprint density at radius 3 is 1.83 bits per heavy atom. The molecule has 13 heteroatoms. The maximum Gasteiger partial charge on any atom is 0.326 e. The first-order valence-electron chi connectivity index (χ1n) is 11.2. The van der Waals surface area contributed by atoms with Gasteiger partial charge in [-0.05, 0) is 17.9 Å². The Labute approximate surface area is 208 Å². The summed E-state index contributed by atoms with van der Waals surface area (Å²) in [6.07, 6.45) is -1.25. The number of nitrogens with one attached hydrogen (secondary N) is 3. The van der Waals surface area contributed by atoms with Crippen LogP contribution in [0.1, 0.15) is 38.7 Å². The van der Waals surface area contributed by atoms with Gasteiger partial charge in [0.25, 0.3) is 0 Å². The van der Waals surface area contributed by atoms with Gasteiger partial charge in [-0.15, -0.1) is 0 Å². The zero-order valence-electron chi connectivity index (χ0n) is 20.1. The molecule has 0 saturated heterocycles. The first kappa shape index (κ1) is 30.0. The highest BCUT2D eigenvalue weighted by molar-refractivity contribution is 5.96. The summed E-state index contributed by atoms with van der Waals surface area (Å²) in [4.78, 5) is 72.2. The van der Waals surface area contributed by atoms with E-state index in [0.29, 0.717) is 5.56 Å². The molecule has 36 heavy (non-hydrogen) atoms.